The van der Waals surface area contributed by atoms with Gasteiger partial charge in [0.1, 0.15) is 16.6 Å². The molecule has 0 spiro atoms. The molecular weight excluding hydrogens is 316 g/mol. The van der Waals surface area contributed by atoms with E-state index in [9.17, 15) is 4.79 Å². The highest BCUT2D eigenvalue weighted by molar-refractivity contribution is 9.10. The normalized spacial score (nSPS) is 17.7. The Bertz CT molecular complexity index is 626. The van der Waals surface area contributed by atoms with Gasteiger partial charge in [0.2, 0.25) is 0 Å². The fourth-order valence-electron chi connectivity index (χ4n) is 2.11. The van der Waals surface area contributed by atoms with Gasteiger partial charge < -0.3 is 5.11 Å². The van der Waals surface area contributed by atoms with Gasteiger partial charge in [-0.3, -0.25) is 9.78 Å². The van der Waals surface area contributed by atoms with E-state index in [0.29, 0.717) is 6.42 Å². The Kier molecular flexibility index (Phi) is 2.91. The first-order chi connectivity index (χ1) is 8.66. The Morgan fingerprint density at radius 2 is 2.39 bits per heavy atom. The quantitative estimate of drug-likeness (QED) is 0.922. The van der Waals surface area contributed by atoms with Crippen molar-refractivity contribution in [2.24, 2.45) is 0 Å². The monoisotopic (exact) mass is 324 g/mol. The van der Waals surface area contributed by atoms with Crippen LogP contribution in [0.4, 0.5) is 0 Å². The molecule has 0 amide bonds. The molecule has 1 aliphatic carbocycles. The van der Waals surface area contributed by atoms with Gasteiger partial charge in [-0.15, -0.1) is 11.3 Å². The summed E-state index contributed by atoms with van der Waals surface area (Å²) >= 11 is 4.98. The fourth-order valence-corrected chi connectivity index (χ4v) is 3.83. The van der Waals surface area contributed by atoms with Crippen molar-refractivity contribution >= 4 is 33.2 Å². The van der Waals surface area contributed by atoms with E-state index in [1.54, 1.807) is 17.5 Å². The molecule has 4 nitrogen and oxygen atoms in total. The number of aliphatic carboxylic acids is 1. The van der Waals surface area contributed by atoms with Gasteiger partial charge >= 0.3 is 5.97 Å². The highest BCUT2D eigenvalue weighted by atomic mass is 79.9. The Morgan fingerprint density at radius 3 is 3.11 bits per heavy atom. The van der Waals surface area contributed by atoms with Crippen molar-refractivity contribution in [3.8, 4) is 10.7 Å². The zero-order chi connectivity index (χ0) is 12.7. The van der Waals surface area contributed by atoms with Crippen LogP contribution in [-0.2, 0) is 11.2 Å². The molecule has 3 rings (SSSR count). The Hall–Kier alpha value is -1.27. The molecule has 0 saturated carbocycles. The minimum Gasteiger partial charge on any atom is -0.481 e. The van der Waals surface area contributed by atoms with Crippen molar-refractivity contribution in [3.05, 3.63) is 33.4 Å². The maximum absolute atomic E-state index is 11.1. The lowest BCUT2D eigenvalue weighted by Gasteiger charge is -2.02. The Morgan fingerprint density at radius 1 is 1.56 bits per heavy atom. The van der Waals surface area contributed by atoms with Gasteiger partial charge in [-0.25, -0.2) is 4.98 Å². The average molecular weight is 325 g/mol. The minimum atomic E-state index is -0.786. The molecule has 1 unspecified atom stereocenters. The number of rotatable bonds is 2. The van der Waals surface area contributed by atoms with Crippen molar-refractivity contribution in [2.45, 2.75) is 18.8 Å². The Labute approximate surface area is 116 Å². The smallest absolute Gasteiger partial charge is 0.312 e. The van der Waals surface area contributed by atoms with E-state index in [1.807, 2.05) is 12.1 Å². The van der Waals surface area contributed by atoms with Gasteiger partial charge in [0, 0.05) is 15.5 Å². The summed E-state index contributed by atoms with van der Waals surface area (Å²) in [6.07, 6.45) is 3.17. The van der Waals surface area contributed by atoms with Crippen molar-refractivity contribution in [3.63, 3.8) is 0 Å². The van der Waals surface area contributed by atoms with Gasteiger partial charge in [-0.2, -0.15) is 0 Å². The number of thiazole rings is 1. The predicted molar refractivity (Wildman–Crippen MR) is 71.7 cm³/mol. The number of carboxylic acids is 1. The summed E-state index contributed by atoms with van der Waals surface area (Å²) in [5.41, 5.74) is 1.50. The molecule has 18 heavy (non-hydrogen) atoms. The van der Waals surface area contributed by atoms with Crippen LogP contribution in [-0.4, -0.2) is 21.0 Å². The van der Waals surface area contributed by atoms with Crippen LogP contribution >= 0.6 is 27.3 Å². The molecule has 0 aromatic carbocycles. The van der Waals surface area contributed by atoms with Crippen LogP contribution in [0, 0.1) is 0 Å². The molecule has 2 heterocycles. The van der Waals surface area contributed by atoms with Crippen molar-refractivity contribution in [2.75, 3.05) is 0 Å². The topological polar surface area (TPSA) is 63.1 Å². The van der Waals surface area contributed by atoms with Crippen LogP contribution in [0.5, 0.6) is 0 Å². The lowest BCUT2D eigenvalue weighted by atomic mass is 10.1. The molecule has 0 radical (unpaired) electrons. The zero-order valence-corrected chi connectivity index (χ0v) is 11.7. The standard InChI is InChI=1S/C12H9BrN2O2S/c13-7-2-1-5-14-10(7)11-15-9-6(12(16)17)3-4-8(9)18-11/h1-2,5-6H,3-4H2,(H,16,17). The third kappa shape index (κ3) is 1.85. The average Bonchev–Trinajstić information content (AvgIpc) is 2.88. The number of hydrogen-bond acceptors (Lipinski definition) is 4. The first-order valence-electron chi connectivity index (χ1n) is 5.50. The number of nitrogens with zero attached hydrogens (tertiary/aromatic N) is 2. The number of halogens is 1. The van der Waals surface area contributed by atoms with Crippen molar-refractivity contribution in [1.82, 2.24) is 9.97 Å². The van der Waals surface area contributed by atoms with E-state index in [0.717, 1.165) is 32.2 Å². The molecule has 0 fully saturated rings. The van der Waals surface area contributed by atoms with Crippen molar-refractivity contribution < 1.29 is 9.90 Å². The molecular formula is C12H9BrN2O2S. The second-order valence-corrected chi connectivity index (χ2v) is 6.03. The van der Waals surface area contributed by atoms with E-state index >= 15 is 0 Å². The van der Waals surface area contributed by atoms with Crippen LogP contribution in [0.3, 0.4) is 0 Å². The summed E-state index contributed by atoms with van der Waals surface area (Å²) in [4.78, 5) is 21.0. The maximum atomic E-state index is 11.1. The number of aromatic nitrogens is 2. The lowest BCUT2D eigenvalue weighted by Crippen LogP contribution is -2.08. The second kappa shape index (κ2) is 4.44. The lowest BCUT2D eigenvalue weighted by molar-refractivity contribution is -0.138. The molecule has 0 aliphatic heterocycles. The van der Waals surface area contributed by atoms with Crippen LogP contribution in [0.1, 0.15) is 22.9 Å². The van der Waals surface area contributed by atoms with Crippen LogP contribution in [0.2, 0.25) is 0 Å². The number of aryl methyl sites for hydroxylation is 1. The second-order valence-electron chi connectivity index (χ2n) is 4.09. The molecule has 1 N–H and O–H groups in total. The van der Waals surface area contributed by atoms with E-state index in [1.165, 1.54) is 0 Å². The summed E-state index contributed by atoms with van der Waals surface area (Å²) in [5, 5.41) is 9.92. The summed E-state index contributed by atoms with van der Waals surface area (Å²) in [6.45, 7) is 0. The molecule has 0 saturated heterocycles. The van der Waals surface area contributed by atoms with E-state index < -0.39 is 11.9 Å². The number of carboxylic acid groups (broad SMARTS) is 1. The van der Waals surface area contributed by atoms with Crippen molar-refractivity contribution in [1.29, 1.82) is 0 Å². The summed E-state index contributed by atoms with van der Waals surface area (Å²) in [5.74, 6) is -1.24. The molecule has 2 aromatic rings. The third-order valence-electron chi connectivity index (χ3n) is 2.98. The molecule has 1 atom stereocenters. The van der Waals surface area contributed by atoms with Gasteiger partial charge in [-0.05, 0) is 40.9 Å². The molecule has 0 bridgehead atoms. The number of hydrogen-bond donors (Lipinski definition) is 1. The van der Waals surface area contributed by atoms with Gasteiger partial charge in [0.15, 0.2) is 0 Å². The predicted octanol–water partition coefficient (Wildman–Crippen LogP) is 3.08. The number of pyridine rings is 1. The molecule has 2 aromatic heterocycles. The third-order valence-corrected chi connectivity index (χ3v) is 4.75. The molecule has 1 aliphatic rings. The Balaban J connectivity index is 2.05. The van der Waals surface area contributed by atoms with E-state index in [2.05, 4.69) is 25.9 Å². The van der Waals surface area contributed by atoms with Crippen LogP contribution in [0.15, 0.2) is 22.8 Å². The molecule has 6 heteroatoms. The highest BCUT2D eigenvalue weighted by Gasteiger charge is 2.32. The number of carbonyl (C=O) groups is 1. The van der Waals surface area contributed by atoms with Crippen LogP contribution < -0.4 is 0 Å². The van der Waals surface area contributed by atoms with Gasteiger partial charge in [-0.1, -0.05) is 0 Å². The summed E-state index contributed by atoms with van der Waals surface area (Å²) < 4.78 is 0.879. The van der Waals surface area contributed by atoms with Gasteiger partial charge in [0.25, 0.3) is 0 Å². The maximum Gasteiger partial charge on any atom is 0.312 e. The SMILES string of the molecule is O=C(O)C1CCc2sc(-c3ncccc3Br)nc21. The van der Waals surface area contributed by atoms with Gasteiger partial charge in [0.05, 0.1) is 5.69 Å². The minimum absolute atomic E-state index is 0.451. The fraction of sp³-hybridized carbons (Fsp3) is 0.250. The van der Waals surface area contributed by atoms with E-state index in [-0.39, 0.29) is 0 Å². The summed E-state index contributed by atoms with van der Waals surface area (Å²) in [7, 11) is 0. The summed E-state index contributed by atoms with van der Waals surface area (Å²) in [6, 6.07) is 3.75. The number of fused-ring (bicyclic) bond motifs is 1. The van der Waals surface area contributed by atoms with Crippen LogP contribution in [0.25, 0.3) is 10.7 Å². The largest absolute Gasteiger partial charge is 0.481 e. The zero-order valence-electron chi connectivity index (χ0n) is 9.26. The molecule has 92 valence electrons. The first-order valence-corrected chi connectivity index (χ1v) is 7.11. The highest BCUT2D eigenvalue weighted by Crippen LogP contribution is 2.40. The first kappa shape index (κ1) is 11.8. The van der Waals surface area contributed by atoms with E-state index in [4.69, 9.17) is 5.11 Å².